The number of para-hydroxylation sites is 1. The molecule has 1 atom stereocenters. The maximum Gasteiger partial charge on any atom is 0.147 e. The average Bonchev–Trinajstić information content (AvgIpc) is 2.83. The van der Waals surface area contributed by atoms with Gasteiger partial charge in [-0.25, -0.2) is 4.98 Å². The van der Waals surface area contributed by atoms with Gasteiger partial charge in [0.2, 0.25) is 0 Å². The maximum absolute atomic E-state index is 9.26. The van der Waals surface area contributed by atoms with Crippen molar-refractivity contribution in [2.45, 2.75) is 12.5 Å². The Hall–Kier alpha value is -2.12. The molecule has 4 nitrogen and oxygen atoms in total. The molecule has 0 amide bonds. The zero-order chi connectivity index (χ0) is 12.5. The molecule has 0 bridgehead atoms. The van der Waals surface area contributed by atoms with Crippen LogP contribution < -0.4 is 10.6 Å². The van der Waals surface area contributed by atoms with E-state index in [9.17, 15) is 5.26 Å². The quantitative estimate of drug-likeness (QED) is 0.820. The second-order valence-corrected chi connectivity index (χ2v) is 4.66. The van der Waals surface area contributed by atoms with Gasteiger partial charge in [-0.05, 0) is 18.6 Å². The Bertz CT molecular complexity index is 629. The maximum atomic E-state index is 9.26. The molecular formula is C14H14N4. The lowest BCUT2D eigenvalue weighted by molar-refractivity contribution is 0.751. The number of anilines is 1. The Labute approximate surface area is 106 Å². The second kappa shape index (κ2) is 4.28. The minimum atomic E-state index is 0.185. The molecule has 4 heteroatoms. The first-order chi connectivity index (χ1) is 8.78. The number of nitrogens with two attached hydrogens (primary N) is 1. The summed E-state index contributed by atoms with van der Waals surface area (Å²) in [7, 11) is 0. The van der Waals surface area contributed by atoms with E-state index in [1.54, 1.807) is 0 Å². The third-order valence-corrected chi connectivity index (χ3v) is 3.35. The lowest BCUT2D eigenvalue weighted by atomic mass is 10.1. The van der Waals surface area contributed by atoms with Crippen molar-refractivity contribution in [1.29, 1.82) is 5.26 Å². The molecule has 1 aromatic heterocycles. The van der Waals surface area contributed by atoms with Gasteiger partial charge in [0, 0.05) is 24.5 Å². The monoisotopic (exact) mass is 238 g/mol. The fourth-order valence-corrected chi connectivity index (χ4v) is 2.41. The zero-order valence-corrected chi connectivity index (χ0v) is 10.0. The molecular weight excluding hydrogens is 224 g/mol. The van der Waals surface area contributed by atoms with Crippen molar-refractivity contribution in [1.82, 2.24) is 4.98 Å². The summed E-state index contributed by atoms with van der Waals surface area (Å²) in [5.74, 6) is 0.768. The standard InChI is InChI=1S/C14H14N4/c15-8-11-7-10-3-1-2-4-13(10)17-14(11)18-6-5-12(16)9-18/h1-4,7,12H,5-6,9,16H2/t12-/m0/s1. The molecule has 1 fully saturated rings. The summed E-state index contributed by atoms with van der Waals surface area (Å²) in [5, 5.41) is 10.3. The molecule has 90 valence electrons. The van der Waals surface area contributed by atoms with Crippen molar-refractivity contribution in [3.05, 3.63) is 35.9 Å². The molecule has 2 N–H and O–H groups in total. The van der Waals surface area contributed by atoms with Gasteiger partial charge >= 0.3 is 0 Å². The highest BCUT2D eigenvalue weighted by atomic mass is 15.2. The lowest BCUT2D eigenvalue weighted by Crippen LogP contribution is -2.27. The van der Waals surface area contributed by atoms with Gasteiger partial charge in [0.15, 0.2) is 0 Å². The van der Waals surface area contributed by atoms with Gasteiger partial charge < -0.3 is 10.6 Å². The minimum Gasteiger partial charge on any atom is -0.354 e. The highest BCUT2D eigenvalue weighted by Crippen LogP contribution is 2.25. The van der Waals surface area contributed by atoms with Crippen molar-refractivity contribution >= 4 is 16.7 Å². The van der Waals surface area contributed by atoms with Gasteiger partial charge in [0.1, 0.15) is 11.9 Å². The predicted molar refractivity (Wildman–Crippen MR) is 71.3 cm³/mol. The first-order valence-corrected chi connectivity index (χ1v) is 6.08. The topological polar surface area (TPSA) is 65.9 Å². The van der Waals surface area contributed by atoms with Gasteiger partial charge in [-0.3, -0.25) is 0 Å². The van der Waals surface area contributed by atoms with Gasteiger partial charge in [-0.2, -0.15) is 5.26 Å². The van der Waals surface area contributed by atoms with Crippen LogP contribution in [-0.2, 0) is 0 Å². The molecule has 0 saturated carbocycles. The third-order valence-electron chi connectivity index (χ3n) is 3.35. The molecule has 1 aliphatic rings. The summed E-state index contributed by atoms with van der Waals surface area (Å²) in [4.78, 5) is 6.72. The molecule has 0 unspecified atom stereocenters. The average molecular weight is 238 g/mol. The van der Waals surface area contributed by atoms with Crippen molar-refractivity contribution < 1.29 is 0 Å². The Morgan fingerprint density at radius 3 is 2.94 bits per heavy atom. The molecule has 0 aliphatic carbocycles. The highest BCUT2D eigenvalue weighted by molar-refractivity contribution is 5.83. The number of benzene rings is 1. The molecule has 3 rings (SSSR count). The minimum absolute atomic E-state index is 0.185. The van der Waals surface area contributed by atoms with Crippen molar-refractivity contribution in [3.63, 3.8) is 0 Å². The third kappa shape index (κ3) is 1.79. The number of hydrogen-bond donors (Lipinski definition) is 1. The second-order valence-electron chi connectivity index (χ2n) is 4.66. The normalized spacial score (nSPS) is 19.1. The van der Waals surface area contributed by atoms with Crippen molar-refractivity contribution in [2.24, 2.45) is 5.73 Å². The molecule has 0 radical (unpaired) electrons. The SMILES string of the molecule is N#Cc1cc2ccccc2nc1N1CC[C@H](N)C1. The Kier molecular flexibility index (Phi) is 2.62. The largest absolute Gasteiger partial charge is 0.354 e. The lowest BCUT2D eigenvalue weighted by Gasteiger charge is -2.18. The van der Waals surface area contributed by atoms with E-state index in [4.69, 9.17) is 5.73 Å². The van der Waals surface area contributed by atoms with Crippen LogP contribution >= 0.6 is 0 Å². The number of nitrogens with zero attached hydrogens (tertiary/aromatic N) is 3. The van der Waals surface area contributed by atoms with Crippen LogP contribution in [0.25, 0.3) is 10.9 Å². The van der Waals surface area contributed by atoms with E-state index in [1.807, 2.05) is 30.3 Å². The van der Waals surface area contributed by atoms with Gasteiger partial charge in [-0.15, -0.1) is 0 Å². The highest BCUT2D eigenvalue weighted by Gasteiger charge is 2.22. The number of rotatable bonds is 1. The summed E-state index contributed by atoms with van der Waals surface area (Å²) in [6.45, 7) is 1.65. The molecule has 1 aliphatic heterocycles. The van der Waals surface area contributed by atoms with Crippen LogP contribution in [0.15, 0.2) is 30.3 Å². The number of pyridine rings is 1. The fraction of sp³-hybridized carbons (Fsp3) is 0.286. The van der Waals surface area contributed by atoms with E-state index < -0.39 is 0 Å². The number of nitriles is 1. The Morgan fingerprint density at radius 2 is 2.22 bits per heavy atom. The Balaban J connectivity index is 2.13. The molecule has 0 spiro atoms. The first-order valence-electron chi connectivity index (χ1n) is 6.08. The van der Waals surface area contributed by atoms with E-state index in [0.717, 1.165) is 36.2 Å². The number of fused-ring (bicyclic) bond motifs is 1. The Morgan fingerprint density at radius 1 is 1.39 bits per heavy atom. The van der Waals surface area contributed by atoms with Crippen LogP contribution in [0, 0.1) is 11.3 Å². The van der Waals surface area contributed by atoms with Gasteiger partial charge in [0.25, 0.3) is 0 Å². The van der Waals surface area contributed by atoms with Crippen molar-refractivity contribution in [2.75, 3.05) is 18.0 Å². The first kappa shape index (κ1) is 11.0. The number of aromatic nitrogens is 1. The molecule has 18 heavy (non-hydrogen) atoms. The molecule has 2 aromatic rings. The summed E-state index contributed by atoms with van der Waals surface area (Å²) in [6, 6.07) is 12.2. The van der Waals surface area contributed by atoms with Gasteiger partial charge in [-0.1, -0.05) is 18.2 Å². The summed E-state index contributed by atoms with van der Waals surface area (Å²) >= 11 is 0. The smallest absolute Gasteiger partial charge is 0.147 e. The van der Waals surface area contributed by atoms with Crippen LogP contribution in [-0.4, -0.2) is 24.1 Å². The van der Waals surface area contributed by atoms with Crippen LogP contribution in [0.3, 0.4) is 0 Å². The zero-order valence-electron chi connectivity index (χ0n) is 10.0. The summed E-state index contributed by atoms with van der Waals surface area (Å²) < 4.78 is 0. The van der Waals surface area contributed by atoms with Crippen molar-refractivity contribution in [3.8, 4) is 6.07 Å². The van der Waals surface area contributed by atoms with E-state index >= 15 is 0 Å². The fourth-order valence-electron chi connectivity index (χ4n) is 2.41. The van der Waals surface area contributed by atoms with E-state index in [1.165, 1.54) is 0 Å². The van der Waals surface area contributed by atoms with Crippen LogP contribution in [0.2, 0.25) is 0 Å². The predicted octanol–water partition coefficient (Wildman–Crippen LogP) is 1.64. The van der Waals surface area contributed by atoms with Gasteiger partial charge in [0.05, 0.1) is 11.1 Å². The van der Waals surface area contributed by atoms with E-state index in [0.29, 0.717) is 5.56 Å². The molecule has 2 heterocycles. The molecule has 1 aromatic carbocycles. The van der Waals surface area contributed by atoms with Crippen LogP contribution in [0.1, 0.15) is 12.0 Å². The summed E-state index contributed by atoms with van der Waals surface area (Å²) in [5.41, 5.74) is 7.47. The van der Waals surface area contributed by atoms with E-state index in [-0.39, 0.29) is 6.04 Å². The van der Waals surface area contributed by atoms with Crippen LogP contribution in [0.4, 0.5) is 5.82 Å². The van der Waals surface area contributed by atoms with Crippen LogP contribution in [0.5, 0.6) is 0 Å². The summed E-state index contributed by atoms with van der Waals surface area (Å²) in [6.07, 6.45) is 0.958. The number of hydrogen-bond acceptors (Lipinski definition) is 4. The van der Waals surface area contributed by atoms with E-state index in [2.05, 4.69) is 16.0 Å². The molecule has 1 saturated heterocycles.